The van der Waals surface area contributed by atoms with Crippen molar-refractivity contribution in [3.63, 3.8) is 0 Å². The van der Waals surface area contributed by atoms with Crippen LogP contribution in [0.2, 0.25) is 0 Å². The maximum Gasteiger partial charge on any atom is 0.305 e. The predicted octanol–water partition coefficient (Wildman–Crippen LogP) is 22.5. The van der Waals surface area contributed by atoms with Crippen LogP contribution in [0.15, 0.2) is 24.3 Å². The summed E-state index contributed by atoms with van der Waals surface area (Å²) in [6.45, 7) is 4.92. The fourth-order valence-corrected chi connectivity index (χ4v) is 11.1. The first-order chi connectivity index (χ1) is 38.0. The van der Waals surface area contributed by atoms with Crippen molar-refractivity contribution in [2.24, 2.45) is 0 Å². The lowest BCUT2D eigenvalue weighted by Gasteiger charge is -2.20. The molecule has 0 aromatic rings. The van der Waals surface area contributed by atoms with Gasteiger partial charge in [0.05, 0.1) is 25.4 Å². The fraction of sp³-hybridized carbons (Fsp3) is 0.915. The number of aliphatic hydroxyl groups excluding tert-OH is 2. The Hall–Kier alpha value is -1.66. The molecule has 0 saturated carbocycles. The molecule has 0 aromatic carbocycles. The van der Waals surface area contributed by atoms with Gasteiger partial charge >= 0.3 is 5.97 Å². The first-order valence-corrected chi connectivity index (χ1v) is 35.1. The second-order valence-corrected chi connectivity index (χ2v) is 24.2. The van der Waals surface area contributed by atoms with Crippen molar-refractivity contribution in [3.05, 3.63) is 24.3 Å². The van der Waals surface area contributed by atoms with Gasteiger partial charge in [0, 0.05) is 12.8 Å². The molecule has 456 valence electrons. The summed E-state index contributed by atoms with van der Waals surface area (Å²) in [5.74, 6) is -0.0441. The molecule has 6 heteroatoms. The summed E-state index contributed by atoms with van der Waals surface area (Å²) in [6.07, 6.45) is 84.1. The molecule has 1 amide bonds. The van der Waals surface area contributed by atoms with Gasteiger partial charge in [-0.3, -0.25) is 9.59 Å². The Bertz CT molecular complexity index is 1200. The fourth-order valence-electron chi connectivity index (χ4n) is 11.1. The molecule has 2 unspecified atom stereocenters. The van der Waals surface area contributed by atoms with Crippen LogP contribution in [-0.2, 0) is 14.3 Å². The summed E-state index contributed by atoms with van der Waals surface area (Å²) >= 11 is 0. The Labute approximate surface area is 481 Å². The molecule has 0 spiro atoms. The molecule has 0 rings (SSSR count). The number of unbranched alkanes of at least 4 members (excludes halogenated alkanes) is 53. The van der Waals surface area contributed by atoms with E-state index in [1.807, 2.05) is 6.08 Å². The Morgan fingerprint density at radius 2 is 0.610 bits per heavy atom. The molecule has 0 fully saturated rings. The number of ether oxygens (including phenoxy) is 1. The second-order valence-electron chi connectivity index (χ2n) is 24.2. The first-order valence-electron chi connectivity index (χ1n) is 35.1. The minimum Gasteiger partial charge on any atom is -0.466 e. The van der Waals surface area contributed by atoms with Gasteiger partial charge in [-0.1, -0.05) is 346 Å². The zero-order valence-electron chi connectivity index (χ0n) is 52.2. The smallest absolute Gasteiger partial charge is 0.305 e. The lowest BCUT2D eigenvalue weighted by Crippen LogP contribution is -2.45. The van der Waals surface area contributed by atoms with Crippen LogP contribution in [0.5, 0.6) is 0 Å². The summed E-state index contributed by atoms with van der Waals surface area (Å²) in [5.41, 5.74) is 0. The van der Waals surface area contributed by atoms with Gasteiger partial charge in [0.2, 0.25) is 5.91 Å². The second kappa shape index (κ2) is 66.8. The molecule has 0 aliphatic rings. The lowest BCUT2D eigenvalue weighted by atomic mass is 10.0. The summed E-state index contributed by atoms with van der Waals surface area (Å²) in [4.78, 5) is 24.6. The van der Waals surface area contributed by atoms with Crippen molar-refractivity contribution >= 4 is 11.9 Å². The number of hydrogen-bond donors (Lipinski definition) is 3. The zero-order chi connectivity index (χ0) is 55.7. The van der Waals surface area contributed by atoms with E-state index in [0.29, 0.717) is 19.4 Å². The number of rotatable bonds is 66. The van der Waals surface area contributed by atoms with Crippen molar-refractivity contribution in [3.8, 4) is 0 Å². The molecule has 0 aromatic heterocycles. The molecule has 0 heterocycles. The maximum atomic E-state index is 12.5. The van der Waals surface area contributed by atoms with E-state index in [1.54, 1.807) is 6.08 Å². The summed E-state index contributed by atoms with van der Waals surface area (Å²) < 4.78 is 5.51. The van der Waals surface area contributed by atoms with E-state index in [0.717, 1.165) is 38.5 Å². The van der Waals surface area contributed by atoms with E-state index in [-0.39, 0.29) is 18.5 Å². The van der Waals surface area contributed by atoms with Gasteiger partial charge < -0.3 is 20.3 Å². The number of esters is 1. The zero-order valence-corrected chi connectivity index (χ0v) is 52.2. The lowest BCUT2D eigenvalue weighted by molar-refractivity contribution is -0.143. The molecule has 0 aliphatic carbocycles. The highest BCUT2D eigenvalue weighted by Crippen LogP contribution is 2.19. The number of allylic oxidation sites excluding steroid dienone is 3. The van der Waals surface area contributed by atoms with E-state index in [4.69, 9.17) is 4.74 Å². The molecular formula is C71H137NO5. The quantitative estimate of drug-likeness (QED) is 0.0320. The minimum absolute atomic E-state index is 0.0193. The van der Waals surface area contributed by atoms with E-state index < -0.39 is 12.1 Å². The van der Waals surface area contributed by atoms with Gasteiger partial charge in [-0.25, -0.2) is 0 Å². The number of carbonyl (C=O) groups excluding carboxylic acids is 2. The molecule has 77 heavy (non-hydrogen) atoms. The van der Waals surface area contributed by atoms with Gasteiger partial charge in [-0.05, 0) is 57.8 Å². The average molecular weight is 1080 g/mol. The number of carbonyl (C=O) groups is 2. The van der Waals surface area contributed by atoms with Crippen LogP contribution in [0.25, 0.3) is 0 Å². The van der Waals surface area contributed by atoms with Gasteiger partial charge in [0.15, 0.2) is 0 Å². The normalized spacial score (nSPS) is 12.6. The molecule has 0 saturated heterocycles. The summed E-state index contributed by atoms with van der Waals surface area (Å²) in [6, 6.07) is -0.624. The molecule has 0 aliphatic heterocycles. The predicted molar refractivity (Wildman–Crippen MR) is 338 cm³/mol. The number of nitrogens with one attached hydrogen (secondary N) is 1. The third-order valence-corrected chi connectivity index (χ3v) is 16.5. The molecular weight excluding hydrogens is 947 g/mol. The Balaban J connectivity index is 3.32. The van der Waals surface area contributed by atoms with Crippen LogP contribution >= 0.6 is 0 Å². The van der Waals surface area contributed by atoms with Crippen molar-refractivity contribution in [2.75, 3.05) is 13.2 Å². The van der Waals surface area contributed by atoms with Crippen LogP contribution < -0.4 is 5.32 Å². The van der Waals surface area contributed by atoms with Crippen molar-refractivity contribution in [1.29, 1.82) is 0 Å². The molecule has 0 bridgehead atoms. The number of hydrogen-bond acceptors (Lipinski definition) is 5. The third kappa shape index (κ3) is 63.4. The van der Waals surface area contributed by atoms with Gasteiger partial charge in [0.25, 0.3) is 0 Å². The van der Waals surface area contributed by atoms with E-state index >= 15 is 0 Å². The van der Waals surface area contributed by atoms with Crippen molar-refractivity contribution in [2.45, 2.75) is 405 Å². The number of amides is 1. The standard InChI is InChI=1S/C71H137NO5/c1-3-5-7-9-11-13-15-17-18-19-31-35-38-41-45-49-53-57-61-65-71(76)77-66-62-58-54-50-46-42-39-36-33-30-28-26-24-22-20-21-23-25-27-29-32-34-37-40-44-48-52-56-60-64-70(75)72-68(67-73)69(74)63-59-55-51-47-43-16-14-12-10-8-6-4-2/h17-18,59,63,68-69,73-74H,3-16,19-58,60-62,64-67H2,1-2H3,(H,72,75)/b18-17-,63-59+. The molecule has 2 atom stereocenters. The van der Waals surface area contributed by atoms with Crippen molar-refractivity contribution in [1.82, 2.24) is 5.32 Å². The van der Waals surface area contributed by atoms with Crippen LogP contribution in [-0.4, -0.2) is 47.4 Å². The SMILES string of the molecule is CCCCCCCC/C=C\CCCCCCCCCCCC(=O)OCCCCCCCCCCCCCCCCCCCCCCCCCCCCCCCC(=O)NC(CO)C(O)/C=C/CCCCCCCCCCCC. The van der Waals surface area contributed by atoms with Crippen LogP contribution in [0.3, 0.4) is 0 Å². The van der Waals surface area contributed by atoms with E-state index in [1.165, 1.54) is 327 Å². The van der Waals surface area contributed by atoms with E-state index in [2.05, 4.69) is 31.3 Å². The Kier molecular flexibility index (Phi) is 65.4. The molecule has 3 N–H and O–H groups in total. The largest absolute Gasteiger partial charge is 0.466 e. The first kappa shape index (κ1) is 75.3. The van der Waals surface area contributed by atoms with Crippen LogP contribution in [0, 0.1) is 0 Å². The molecule has 0 radical (unpaired) electrons. The average Bonchev–Trinajstić information content (AvgIpc) is 3.43. The van der Waals surface area contributed by atoms with Crippen LogP contribution in [0.1, 0.15) is 393 Å². The van der Waals surface area contributed by atoms with Crippen LogP contribution in [0.4, 0.5) is 0 Å². The summed E-state index contributed by atoms with van der Waals surface area (Å²) in [5, 5.41) is 23.1. The summed E-state index contributed by atoms with van der Waals surface area (Å²) in [7, 11) is 0. The Morgan fingerprint density at radius 3 is 0.922 bits per heavy atom. The van der Waals surface area contributed by atoms with Gasteiger partial charge in [0.1, 0.15) is 0 Å². The molecule has 6 nitrogen and oxygen atoms in total. The minimum atomic E-state index is -0.840. The van der Waals surface area contributed by atoms with E-state index in [9.17, 15) is 19.8 Å². The van der Waals surface area contributed by atoms with Crippen molar-refractivity contribution < 1.29 is 24.5 Å². The number of aliphatic hydroxyl groups is 2. The topological polar surface area (TPSA) is 95.9 Å². The highest BCUT2D eigenvalue weighted by atomic mass is 16.5. The Morgan fingerprint density at radius 1 is 0.351 bits per heavy atom. The third-order valence-electron chi connectivity index (χ3n) is 16.5. The van der Waals surface area contributed by atoms with Gasteiger partial charge in [-0.15, -0.1) is 0 Å². The monoisotopic (exact) mass is 1080 g/mol. The maximum absolute atomic E-state index is 12.5. The highest BCUT2D eigenvalue weighted by molar-refractivity contribution is 5.76. The van der Waals surface area contributed by atoms with Gasteiger partial charge in [-0.2, -0.15) is 0 Å². The highest BCUT2D eigenvalue weighted by Gasteiger charge is 2.18.